The third-order valence-electron chi connectivity index (χ3n) is 4.26. The second-order valence-corrected chi connectivity index (χ2v) is 5.60. The van der Waals surface area contributed by atoms with E-state index in [9.17, 15) is 14.7 Å². The van der Waals surface area contributed by atoms with Crippen molar-refractivity contribution < 1.29 is 19.4 Å². The quantitative estimate of drug-likeness (QED) is 0.867. The Labute approximate surface area is 122 Å². The number of hydrogen-bond donors (Lipinski definition) is 1. The van der Waals surface area contributed by atoms with Gasteiger partial charge in [-0.15, -0.1) is 0 Å². The highest BCUT2D eigenvalue weighted by Gasteiger charge is 2.54. The maximum Gasteiger partial charge on any atom is 0.411 e. The minimum Gasteiger partial charge on any atom is -0.479 e. The zero-order valence-corrected chi connectivity index (χ0v) is 11.6. The summed E-state index contributed by atoms with van der Waals surface area (Å²) >= 11 is 0. The largest absolute Gasteiger partial charge is 0.479 e. The standard InChI is InChI=1S/C16H17NO4/c1-2-9-21-15(20)17-10-16(7-8-16)12-6-4-3-5-11(12)13(17)14(18)19/h2-6,13H,1,7-10H2,(H,18,19). The van der Waals surface area contributed by atoms with Gasteiger partial charge in [-0.2, -0.15) is 0 Å². The molecule has 1 aliphatic heterocycles. The predicted molar refractivity (Wildman–Crippen MR) is 76.0 cm³/mol. The Morgan fingerprint density at radius 1 is 1.43 bits per heavy atom. The minimum atomic E-state index is -1.03. The first-order valence-electron chi connectivity index (χ1n) is 6.95. The number of rotatable bonds is 3. The Kier molecular flexibility index (Phi) is 3.20. The lowest BCUT2D eigenvalue weighted by Gasteiger charge is -2.38. The fourth-order valence-corrected chi connectivity index (χ4v) is 3.12. The van der Waals surface area contributed by atoms with Gasteiger partial charge >= 0.3 is 12.1 Å². The lowest BCUT2D eigenvalue weighted by molar-refractivity contribution is -0.143. The fraction of sp³-hybridized carbons (Fsp3) is 0.375. The maximum absolute atomic E-state index is 12.2. The number of aliphatic carboxylic acids is 1. The van der Waals surface area contributed by atoms with Crippen LogP contribution in [0.25, 0.3) is 0 Å². The number of fused-ring (bicyclic) bond motifs is 2. The van der Waals surface area contributed by atoms with E-state index < -0.39 is 18.1 Å². The summed E-state index contributed by atoms with van der Waals surface area (Å²) in [6.45, 7) is 3.98. The van der Waals surface area contributed by atoms with Crippen LogP contribution in [0.4, 0.5) is 4.79 Å². The maximum atomic E-state index is 12.2. The molecule has 2 aliphatic rings. The first-order valence-corrected chi connectivity index (χ1v) is 6.95. The topological polar surface area (TPSA) is 66.8 Å². The Bertz CT molecular complexity index is 606. The Hall–Kier alpha value is -2.30. The minimum absolute atomic E-state index is 0.0797. The number of carbonyl (C=O) groups is 2. The zero-order chi connectivity index (χ0) is 15.0. The lowest BCUT2D eigenvalue weighted by atomic mass is 9.83. The number of nitrogens with zero attached hydrogens (tertiary/aromatic N) is 1. The molecule has 1 heterocycles. The lowest BCUT2D eigenvalue weighted by Crippen LogP contribution is -2.48. The number of carbonyl (C=O) groups excluding carboxylic acids is 1. The Balaban J connectivity index is 2.00. The van der Waals surface area contributed by atoms with Crippen LogP contribution in [0, 0.1) is 0 Å². The van der Waals surface area contributed by atoms with Gasteiger partial charge in [-0.05, 0) is 24.0 Å². The Morgan fingerprint density at radius 2 is 2.14 bits per heavy atom. The highest BCUT2D eigenvalue weighted by atomic mass is 16.6. The number of hydrogen-bond acceptors (Lipinski definition) is 3. The van der Waals surface area contributed by atoms with Gasteiger partial charge in [0.25, 0.3) is 0 Å². The molecular formula is C16H17NO4. The molecule has 1 spiro atoms. The molecule has 1 aromatic rings. The van der Waals surface area contributed by atoms with Crippen molar-refractivity contribution in [3.8, 4) is 0 Å². The van der Waals surface area contributed by atoms with Gasteiger partial charge in [0.05, 0.1) is 0 Å². The highest BCUT2D eigenvalue weighted by Crippen LogP contribution is 2.54. The second kappa shape index (κ2) is 4.91. The molecule has 0 aromatic heterocycles. The summed E-state index contributed by atoms with van der Waals surface area (Å²) in [5.41, 5.74) is 1.67. The summed E-state index contributed by atoms with van der Waals surface area (Å²) in [6, 6.07) is 6.52. The number of amides is 1. The van der Waals surface area contributed by atoms with Crippen LogP contribution in [-0.4, -0.2) is 35.2 Å². The summed E-state index contributed by atoms with van der Waals surface area (Å²) in [5, 5.41) is 9.55. The van der Waals surface area contributed by atoms with E-state index in [0.717, 1.165) is 18.4 Å². The molecule has 3 rings (SSSR count). The van der Waals surface area contributed by atoms with Gasteiger partial charge in [0.15, 0.2) is 6.04 Å². The Morgan fingerprint density at radius 3 is 2.76 bits per heavy atom. The van der Waals surface area contributed by atoms with Crippen molar-refractivity contribution in [2.45, 2.75) is 24.3 Å². The van der Waals surface area contributed by atoms with Gasteiger partial charge in [0, 0.05) is 12.0 Å². The summed E-state index contributed by atoms with van der Waals surface area (Å²) in [6.07, 6.45) is 2.82. The molecule has 110 valence electrons. The van der Waals surface area contributed by atoms with E-state index in [1.165, 1.54) is 11.0 Å². The molecule has 0 saturated heterocycles. The van der Waals surface area contributed by atoms with E-state index in [1.807, 2.05) is 18.2 Å². The number of carboxylic acid groups (broad SMARTS) is 1. The van der Waals surface area contributed by atoms with Gasteiger partial charge in [0.1, 0.15) is 6.61 Å². The molecule has 1 unspecified atom stereocenters. The van der Waals surface area contributed by atoms with E-state index in [2.05, 4.69) is 6.58 Å². The molecule has 1 aromatic carbocycles. The van der Waals surface area contributed by atoms with Gasteiger partial charge in [-0.1, -0.05) is 36.9 Å². The normalized spacial score (nSPS) is 21.5. The van der Waals surface area contributed by atoms with E-state index in [4.69, 9.17) is 4.74 Å². The summed E-state index contributed by atoms with van der Waals surface area (Å²) in [7, 11) is 0. The van der Waals surface area contributed by atoms with Crippen LogP contribution in [0.3, 0.4) is 0 Å². The van der Waals surface area contributed by atoms with Crippen LogP contribution >= 0.6 is 0 Å². The monoisotopic (exact) mass is 287 g/mol. The molecule has 0 bridgehead atoms. The third-order valence-corrected chi connectivity index (χ3v) is 4.26. The van der Waals surface area contributed by atoms with Crippen LogP contribution in [0.1, 0.15) is 30.0 Å². The summed E-state index contributed by atoms with van der Waals surface area (Å²) < 4.78 is 5.05. The van der Waals surface area contributed by atoms with E-state index in [1.54, 1.807) is 6.07 Å². The van der Waals surface area contributed by atoms with E-state index in [-0.39, 0.29) is 12.0 Å². The average Bonchev–Trinajstić information content (AvgIpc) is 3.24. The van der Waals surface area contributed by atoms with Crippen molar-refractivity contribution in [2.24, 2.45) is 0 Å². The third kappa shape index (κ3) is 2.18. The molecule has 1 N–H and O–H groups in total. The van der Waals surface area contributed by atoms with Crippen LogP contribution in [0.5, 0.6) is 0 Å². The van der Waals surface area contributed by atoms with E-state index in [0.29, 0.717) is 12.1 Å². The molecule has 1 aliphatic carbocycles. The fourth-order valence-electron chi connectivity index (χ4n) is 3.12. The van der Waals surface area contributed by atoms with Crippen molar-refractivity contribution >= 4 is 12.1 Å². The number of benzene rings is 1. The smallest absolute Gasteiger partial charge is 0.411 e. The van der Waals surface area contributed by atoms with Crippen LogP contribution in [0.15, 0.2) is 36.9 Å². The first kappa shape index (κ1) is 13.7. The SMILES string of the molecule is C=CCOC(=O)N1CC2(CC2)c2ccccc2C1C(=O)O. The first-order chi connectivity index (χ1) is 10.1. The van der Waals surface area contributed by atoms with Crippen molar-refractivity contribution in [2.75, 3.05) is 13.2 Å². The van der Waals surface area contributed by atoms with Crippen molar-refractivity contribution in [3.05, 3.63) is 48.0 Å². The van der Waals surface area contributed by atoms with E-state index >= 15 is 0 Å². The molecule has 5 nitrogen and oxygen atoms in total. The van der Waals surface area contributed by atoms with Crippen LogP contribution in [-0.2, 0) is 14.9 Å². The molecule has 21 heavy (non-hydrogen) atoms. The summed E-state index contributed by atoms with van der Waals surface area (Å²) in [4.78, 5) is 25.2. The molecular weight excluding hydrogens is 270 g/mol. The van der Waals surface area contributed by atoms with Gasteiger partial charge in [-0.25, -0.2) is 9.59 Å². The number of ether oxygens (including phenoxy) is 1. The molecule has 5 heteroatoms. The van der Waals surface area contributed by atoms with Gasteiger partial charge in [0.2, 0.25) is 0 Å². The predicted octanol–water partition coefficient (Wildman–Crippen LogP) is 2.48. The second-order valence-electron chi connectivity index (χ2n) is 5.60. The molecule has 1 fully saturated rings. The molecule has 1 atom stereocenters. The molecule has 0 radical (unpaired) electrons. The van der Waals surface area contributed by atoms with Crippen molar-refractivity contribution in [1.29, 1.82) is 0 Å². The molecule has 1 saturated carbocycles. The summed E-state index contributed by atoms with van der Waals surface area (Å²) in [5.74, 6) is -1.03. The average molecular weight is 287 g/mol. The van der Waals surface area contributed by atoms with Gasteiger partial charge < -0.3 is 9.84 Å². The van der Waals surface area contributed by atoms with Crippen molar-refractivity contribution in [3.63, 3.8) is 0 Å². The zero-order valence-electron chi connectivity index (χ0n) is 11.6. The van der Waals surface area contributed by atoms with Crippen LogP contribution < -0.4 is 0 Å². The van der Waals surface area contributed by atoms with Crippen molar-refractivity contribution in [1.82, 2.24) is 4.90 Å². The number of carboxylic acids is 1. The molecule has 1 amide bonds. The van der Waals surface area contributed by atoms with Crippen LogP contribution in [0.2, 0.25) is 0 Å². The highest BCUT2D eigenvalue weighted by molar-refractivity contribution is 5.83. The van der Waals surface area contributed by atoms with Gasteiger partial charge in [-0.3, -0.25) is 4.90 Å².